The number of rotatable bonds is 4. The minimum atomic E-state index is -0.741. The van der Waals surface area contributed by atoms with E-state index in [0.29, 0.717) is 19.6 Å². The van der Waals surface area contributed by atoms with Crippen LogP contribution in [0.25, 0.3) is 0 Å². The molecule has 158 valence electrons. The quantitative estimate of drug-likeness (QED) is 0.662. The van der Waals surface area contributed by atoms with Crippen LogP contribution in [0.2, 0.25) is 0 Å². The number of likely N-dealkylation sites (tertiary alicyclic amines) is 1. The summed E-state index contributed by atoms with van der Waals surface area (Å²) in [5, 5.41) is 5.31. The molecule has 9 nitrogen and oxygen atoms in total. The summed E-state index contributed by atoms with van der Waals surface area (Å²) in [6, 6.07) is 4.20. The Hall–Kier alpha value is -2.84. The zero-order valence-corrected chi connectivity index (χ0v) is 17.1. The highest BCUT2D eigenvalue weighted by atomic mass is 16.2. The molecule has 0 aromatic carbocycles. The molecule has 0 radical (unpaired) electrons. The summed E-state index contributed by atoms with van der Waals surface area (Å²) in [6.07, 6.45) is 0.840. The Morgan fingerprint density at radius 2 is 1.90 bits per heavy atom. The van der Waals surface area contributed by atoms with Crippen molar-refractivity contribution < 1.29 is 14.4 Å². The van der Waals surface area contributed by atoms with Gasteiger partial charge in [-0.3, -0.25) is 14.4 Å². The van der Waals surface area contributed by atoms with Gasteiger partial charge in [0.05, 0.1) is 12.6 Å². The normalized spacial score (nSPS) is 23.1. The number of aromatic nitrogens is 1. The first-order valence-corrected chi connectivity index (χ1v) is 9.88. The lowest BCUT2D eigenvalue weighted by atomic mass is 9.78. The smallest absolute Gasteiger partial charge is 0.312 e. The molecule has 29 heavy (non-hydrogen) atoms. The first-order valence-electron chi connectivity index (χ1n) is 9.88. The van der Waals surface area contributed by atoms with Crippen LogP contribution in [0.4, 0.5) is 4.79 Å². The Morgan fingerprint density at radius 3 is 2.55 bits per heavy atom. The number of urea groups is 1. The second-order valence-corrected chi connectivity index (χ2v) is 8.90. The molecule has 3 heterocycles. The molecule has 0 unspecified atom stereocenters. The summed E-state index contributed by atoms with van der Waals surface area (Å²) in [5.41, 5.74) is 5.32. The molecule has 4 amide bonds. The fourth-order valence-electron chi connectivity index (χ4n) is 4.25. The number of nitrogens with two attached hydrogens (primary N) is 1. The zero-order valence-electron chi connectivity index (χ0n) is 17.1. The Kier molecular flexibility index (Phi) is 5.68. The molecule has 1 saturated heterocycles. The van der Waals surface area contributed by atoms with E-state index in [2.05, 4.69) is 10.6 Å². The van der Waals surface area contributed by atoms with Gasteiger partial charge in [0.1, 0.15) is 0 Å². The van der Waals surface area contributed by atoms with Gasteiger partial charge in [-0.25, -0.2) is 4.79 Å². The van der Waals surface area contributed by atoms with Crippen molar-refractivity contribution in [1.29, 1.82) is 0 Å². The van der Waals surface area contributed by atoms with E-state index in [4.69, 9.17) is 5.73 Å². The van der Waals surface area contributed by atoms with E-state index in [9.17, 15) is 19.2 Å². The number of carbonyl (C=O) groups is 3. The average molecular weight is 403 g/mol. The van der Waals surface area contributed by atoms with Crippen LogP contribution in [-0.4, -0.2) is 53.5 Å². The van der Waals surface area contributed by atoms with Gasteiger partial charge in [-0.1, -0.05) is 26.8 Å². The van der Waals surface area contributed by atoms with Crippen LogP contribution in [0.5, 0.6) is 0 Å². The predicted octanol–water partition coefficient (Wildman–Crippen LogP) is 0.166. The lowest BCUT2D eigenvalue weighted by molar-refractivity contribution is -0.133. The summed E-state index contributed by atoms with van der Waals surface area (Å²) in [7, 11) is 0. The van der Waals surface area contributed by atoms with Gasteiger partial charge >= 0.3 is 6.03 Å². The highest BCUT2D eigenvalue weighted by Gasteiger charge is 2.42. The van der Waals surface area contributed by atoms with Crippen molar-refractivity contribution in [3.05, 3.63) is 34.2 Å². The molecule has 3 atom stereocenters. The Labute approximate surface area is 169 Å². The van der Waals surface area contributed by atoms with Crippen LogP contribution >= 0.6 is 0 Å². The van der Waals surface area contributed by atoms with Crippen LogP contribution in [-0.2, 0) is 9.59 Å². The second-order valence-electron chi connectivity index (χ2n) is 8.90. The van der Waals surface area contributed by atoms with Gasteiger partial charge in [-0.15, -0.1) is 0 Å². The third-order valence-corrected chi connectivity index (χ3v) is 5.72. The molecule has 2 aliphatic heterocycles. The third kappa shape index (κ3) is 4.44. The van der Waals surface area contributed by atoms with Crippen molar-refractivity contribution >= 4 is 17.8 Å². The highest BCUT2D eigenvalue weighted by molar-refractivity contribution is 5.83. The molecule has 1 aromatic rings. The summed E-state index contributed by atoms with van der Waals surface area (Å²) in [4.78, 5) is 50.2. The van der Waals surface area contributed by atoms with Crippen LogP contribution in [0, 0.1) is 11.3 Å². The van der Waals surface area contributed by atoms with Gasteiger partial charge in [-0.05, 0) is 18.4 Å². The molecule has 0 spiro atoms. The molecule has 0 aliphatic carbocycles. The standard InChI is InChI=1S/C20H29N5O4/c1-20(2,3)18(28)22-8-15-13-7-12(14-5-4-6-16(26)25(14)15)10-24(11-13)17(27)9-23-19(21)29/h4-6,12-13,15H,7-11H2,1-3H3,(H,22,28)(H3,21,23,29)/t12-,13+,15+/m1/s1. The van der Waals surface area contributed by atoms with Crippen molar-refractivity contribution in [3.63, 3.8) is 0 Å². The molecule has 3 rings (SSSR count). The lowest BCUT2D eigenvalue weighted by Gasteiger charge is -2.47. The summed E-state index contributed by atoms with van der Waals surface area (Å²) < 4.78 is 1.78. The largest absolute Gasteiger partial charge is 0.354 e. The van der Waals surface area contributed by atoms with Crippen LogP contribution in [0.3, 0.4) is 0 Å². The van der Waals surface area contributed by atoms with E-state index in [-0.39, 0.29) is 41.8 Å². The predicted molar refractivity (Wildman–Crippen MR) is 107 cm³/mol. The molecule has 0 saturated carbocycles. The number of carbonyl (C=O) groups excluding carboxylic acids is 3. The SMILES string of the molecule is CC(C)(C)C(=O)NC[C@H]1[C@H]2C[C@H](CN(C(=O)CNC(N)=O)C2)c2cccc(=O)n21. The fraction of sp³-hybridized carbons (Fsp3) is 0.600. The molecule has 9 heteroatoms. The number of piperidine rings is 1. The van der Waals surface area contributed by atoms with Gasteiger partial charge in [0.25, 0.3) is 5.56 Å². The topological polar surface area (TPSA) is 127 Å². The molecule has 2 bridgehead atoms. The van der Waals surface area contributed by atoms with E-state index in [1.54, 1.807) is 15.5 Å². The lowest BCUT2D eigenvalue weighted by Crippen LogP contribution is -2.55. The van der Waals surface area contributed by atoms with Crippen LogP contribution < -0.4 is 21.9 Å². The maximum absolute atomic E-state index is 12.6. The Bertz CT molecular complexity index is 872. The number of nitrogens with zero attached hydrogens (tertiary/aromatic N) is 2. The van der Waals surface area contributed by atoms with E-state index in [1.807, 2.05) is 26.8 Å². The van der Waals surface area contributed by atoms with Crippen molar-refractivity contribution in [1.82, 2.24) is 20.1 Å². The third-order valence-electron chi connectivity index (χ3n) is 5.72. The average Bonchev–Trinajstić information content (AvgIpc) is 2.65. The molecule has 2 aliphatic rings. The number of amides is 4. The zero-order chi connectivity index (χ0) is 21.3. The van der Waals surface area contributed by atoms with Crippen LogP contribution in [0.15, 0.2) is 23.0 Å². The Morgan fingerprint density at radius 1 is 1.17 bits per heavy atom. The maximum atomic E-state index is 12.6. The number of nitrogens with one attached hydrogen (secondary N) is 2. The minimum Gasteiger partial charge on any atom is -0.354 e. The highest BCUT2D eigenvalue weighted by Crippen LogP contribution is 2.40. The van der Waals surface area contributed by atoms with E-state index < -0.39 is 11.4 Å². The van der Waals surface area contributed by atoms with Crippen molar-refractivity contribution in [2.45, 2.75) is 39.2 Å². The van der Waals surface area contributed by atoms with E-state index in [1.165, 1.54) is 6.07 Å². The van der Waals surface area contributed by atoms with Crippen LogP contribution in [0.1, 0.15) is 44.8 Å². The number of primary amides is 1. The number of fused-ring (bicyclic) bond motifs is 4. The summed E-state index contributed by atoms with van der Waals surface area (Å²) in [5.74, 6) is -0.226. The molecular formula is C20H29N5O4. The first kappa shape index (κ1) is 20.9. The first-order chi connectivity index (χ1) is 13.6. The minimum absolute atomic E-state index is 0.0270. The monoisotopic (exact) mass is 403 g/mol. The van der Waals surface area contributed by atoms with Gasteiger partial charge in [-0.2, -0.15) is 0 Å². The van der Waals surface area contributed by atoms with Gasteiger partial charge in [0, 0.05) is 42.7 Å². The summed E-state index contributed by atoms with van der Waals surface area (Å²) >= 11 is 0. The number of pyridine rings is 1. The van der Waals surface area contributed by atoms with Gasteiger partial charge in [0.15, 0.2) is 0 Å². The molecule has 1 fully saturated rings. The molecule has 1 aromatic heterocycles. The maximum Gasteiger partial charge on any atom is 0.312 e. The Balaban J connectivity index is 1.85. The summed E-state index contributed by atoms with van der Waals surface area (Å²) in [6.45, 7) is 6.64. The van der Waals surface area contributed by atoms with Crippen molar-refractivity contribution in [3.8, 4) is 0 Å². The van der Waals surface area contributed by atoms with E-state index >= 15 is 0 Å². The molecule has 4 N–H and O–H groups in total. The van der Waals surface area contributed by atoms with Gasteiger partial charge in [0.2, 0.25) is 11.8 Å². The van der Waals surface area contributed by atoms with E-state index in [0.717, 1.165) is 12.1 Å². The van der Waals surface area contributed by atoms with Crippen molar-refractivity contribution in [2.75, 3.05) is 26.2 Å². The van der Waals surface area contributed by atoms with Gasteiger partial charge < -0.3 is 25.8 Å². The van der Waals surface area contributed by atoms with Crippen molar-refractivity contribution in [2.24, 2.45) is 17.1 Å². The number of hydrogen-bond acceptors (Lipinski definition) is 4. The fourth-order valence-corrected chi connectivity index (χ4v) is 4.25. The number of hydrogen-bond donors (Lipinski definition) is 3. The second kappa shape index (κ2) is 7.88. The molecular weight excluding hydrogens is 374 g/mol.